The lowest BCUT2D eigenvalue weighted by Gasteiger charge is -2.24. The Morgan fingerprint density at radius 1 is 0.875 bits per heavy atom. The third-order valence-corrected chi connectivity index (χ3v) is 10.2. The molecule has 4 N–H and O–H groups in total. The number of pyridine rings is 1. The van der Waals surface area contributed by atoms with Crippen molar-refractivity contribution in [2.24, 2.45) is 11.8 Å². The maximum absolute atomic E-state index is 12.9. The normalized spacial score (nSPS) is 17.4. The van der Waals surface area contributed by atoms with Gasteiger partial charge in [-0.25, -0.2) is 9.97 Å². The molecular weight excluding hydrogens is 596 g/mol. The zero-order valence-corrected chi connectivity index (χ0v) is 29.2. The summed E-state index contributed by atoms with van der Waals surface area (Å²) >= 11 is 0. The predicted octanol–water partition coefficient (Wildman–Crippen LogP) is 8.16. The molecule has 2 atom stereocenters. The third-order valence-electron chi connectivity index (χ3n) is 10.2. The van der Waals surface area contributed by atoms with Crippen LogP contribution in [0.25, 0.3) is 21.9 Å². The molecule has 2 amide bonds. The summed E-state index contributed by atoms with van der Waals surface area (Å²) in [5.74, 6) is 2.84. The number of rotatable bonds is 14. The first-order valence-electron chi connectivity index (χ1n) is 18.6. The van der Waals surface area contributed by atoms with Crippen molar-refractivity contribution >= 4 is 39.6 Å². The summed E-state index contributed by atoms with van der Waals surface area (Å²) in [7, 11) is 0. The van der Waals surface area contributed by atoms with E-state index < -0.39 is 0 Å². The van der Waals surface area contributed by atoms with E-state index in [1.54, 1.807) is 0 Å². The molecule has 8 nitrogen and oxygen atoms in total. The van der Waals surface area contributed by atoms with Crippen LogP contribution in [0.3, 0.4) is 0 Å². The zero-order valence-electron chi connectivity index (χ0n) is 29.2. The van der Waals surface area contributed by atoms with Gasteiger partial charge in [0.05, 0.1) is 17.5 Å². The Labute approximate surface area is 286 Å². The van der Waals surface area contributed by atoms with Crippen LogP contribution in [-0.2, 0) is 24.2 Å². The standard InChI is InChI=1S/C40H56N6O2/c1-3-5-19-35-45-37-38(33-17-11-12-18-34(33)44-39(37)41)46(35)25-14-13-24-42-40(48)32-22-20-30(21-23-32)27-36(47)43-28-31-16-10-8-6-7-9-15-29(4-2)26-31/h11-12,17-18,20-23,29,31H,3-10,13-16,19,24-28H2,1-2H3,(H2,41,44)(H,42,48)(H,43,47). The number of carbonyl (C=O) groups excluding carboxylic acids is 2. The number of unbranched alkanes of at least 4 members (excludes halogenated alkanes) is 2. The van der Waals surface area contributed by atoms with Gasteiger partial charge in [-0.05, 0) is 67.7 Å². The van der Waals surface area contributed by atoms with Crippen LogP contribution in [0.2, 0.25) is 0 Å². The van der Waals surface area contributed by atoms with Crippen molar-refractivity contribution in [2.75, 3.05) is 18.8 Å². The van der Waals surface area contributed by atoms with E-state index in [1.807, 2.05) is 42.5 Å². The maximum Gasteiger partial charge on any atom is 0.251 e. The molecule has 4 aromatic rings. The fourth-order valence-electron chi connectivity index (χ4n) is 7.31. The number of fused-ring (bicyclic) bond motifs is 3. The number of hydrogen-bond acceptors (Lipinski definition) is 5. The molecule has 258 valence electrons. The number of amides is 2. The Balaban J connectivity index is 1.08. The first-order chi connectivity index (χ1) is 23.5. The molecule has 1 fully saturated rings. The summed E-state index contributed by atoms with van der Waals surface area (Å²) in [4.78, 5) is 35.2. The van der Waals surface area contributed by atoms with Crippen LogP contribution in [0.4, 0.5) is 5.82 Å². The molecule has 2 heterocycles. The van der Waals surface area contributed by atoms with Crippen molar-refractivity contribution in [2.45, 2.75) is 117 Å². The summed E-state index contributed by atoms with van der Waals surface area (Å²) in [6.45, 7) is 6.66. The Bertz CT molecular complexity index is 1630. The average Bonchev–Trinajstić information content (AvgIpc) is 3.47. The van der Waals surface area contributed by atoms with E-state index in [2.05, 4.69) is 40.1 Å². The quantitative estimate of drug-likeness (QED) is 0.119. The van der Waals surface area contributed by atoms with Gasteiger partial charge in [0.15, 0.2) is 5.82 Å². The number of carbonyl (C=O) groups is 2. The Hall–Kier alpha value is -3.94. The lowest BCUT2D eigenvalue weighted by Crippen LogP contribution is -2.31. The summed E-state index contributed by atoms with van der Waals surface area (Å²) in [6.07, 6.45) is 16.8. The van der Waals surface area contributed by atoms with Gasteiger partial charge >= 0.3 is 0 Å². The SMILES string of the molecule is CCCCc1nc2c(N)nc3ccccc3c2n1CCCCNC(=O)c1ccc(CC(=O)NCC2CCCCCCCC(CC)C2)cc1. The molecule has 1 aliphatic carbocycles. The number of benzene rings is 2. The summed E-state index contributed by atoms with van der Waals surface area (Å²) in [5.41, 5.74) is 10.6. The maximum atomic E-state index is 12.9. The van der Waals surface area contributed by atoms with Crippen LogP contribution in [0.15, 0.2) is 48.5 Å². The van der Waals surface area contributed by atoms with Crippen molar-refractivity contribution in [1.29, 1.82) is 0 Å². The average molecular weight is 653 g/mol. The van der Waals surface area contributed by atoms with Gasteiger partial charge in [0, 0.05) is 37.0 Å². The smallest absolute Gasteiger partial charge is 0.251 e. The first kappa shape index (κ1) is 35.4. The second-order valence-corrected chi connectivity index (χ2v) is 13.9. The number of aromatic nitrogens is 3. The van der Waals surface area contributed by atoms with Gasteiger partial charge < -0.3 is 20.9 Å². The Kier molecular flexibility index (Phi) is 13.3. The molecule has 0 saturated heterocycles. The minimum absolute atomic E-state index is 0.0628. The largest absolute Gasteiger partial charge is 0.382 e. The number of aryl methyl sites for hydroxylation is 2. The highest BCUT2D eigenvalue weighted by Gasteiger charge is 2.19. The van der Waals surface area contributed by atoms with Gasteiger partial charge in [0.1, 0.15) is 11.3 Å². The highest BCUT2D eigenvalue weighted by Crippen LogP contribution is 2.30. The number of nitrogens with two attached hydrogens (primary N) is 1. The summed E-state index contributed by atoms with van der Waals surface area (Å²) < 4.78 is 2.31. The van der Waals surface area contributed by atoms with Gasteiger partial charge in [-0.1, -0.05) is 95.5 Å². The van der Waals surface area contributed by atoms with Crippen molar-refractivity contribution in [3.8, 4) is 0 Å². The molecule has 0 aliphatic heterocycles. The van der Waals surface area contributed by atoms with Crippen LogP contribution in [0.1, 0.15) is 119 Å². The van der Waals surface area contributed by atoms with Crippen LogP contribution < -0.4 is 16.4 Å². The summed E-state index contributed by atoms with van der Waals surface area (Å²) in [6, 6.07) is 15.5. The highest BCUT2D eigenvalue weighted by atomic mass is 16.2. The minimum Gasteiger partial charge on any atom is -0.382 e. The van der Waals surface area contributed by atoms with Crippen LogP contribution in [0, 0.1) is 11.8 Å². The molecule has 1 aliphatic rings. The number of nitrogen functional groups attached to an aromatic ring is 1. The lowest BCUT2D eigenvalue weighted by molar-refractivity contribution is -0.120. The van der Waals surface area contributed by atoms with Crippen molar-refractivity contribution in [3.05, 3.63) is 65.5 Å². The fraction of sp³-hybridized carbons (Fsp3) is 0.550. The van der Waals surface area contributed by atoms with Gasteiger partial charge in [-0.3, -0.25) is 9.59 Å². The molecule has 0 bridgehead atoms. The molecule has 2 unspecified atom stereocenters. The second kappa shape index (κ2) is 18.0. The van der Waals surface area contributed by atoms with E-state index in [0.29, 0.717) is 30.3 Å². The first-order valence-corrected chi connectivity index (χ1v) is 18.6. The van der Waals surface area contributed by atoms with E-state index in [4.69, 9.17) is 10.7 Å². The van der Waals surface area contributed by atoms with Gasteiger partial charge in [-0.15, -0.1) is 0 Å². The van der Waals surface area contributed by atoms with Crippen LogP contribution in [-0.4, -0.2) is 39.4 Å². The number of nitrogens with zero attached hydrogens (tertiary/aromatic N) is 3. The Morgan fingerprint density at radius 3 is 2.40 bits per heavy atom. The number of anilines is 1. The molecule has 1 saturated carbocycles. The molecule has 0 spiro atoms. The van der Waals surface area contributed by atoms with E-state index in [1.165, 1.54) is 57.8 Å². The van der Waals surface area contributed by atoms with E-state index in [0.717, 1.165) is 84.4 Å². The topological polar surface area (TPSA) is 115 Å². The van der Waals surface area contributed by atoms with Crippen LogP contribution in [0.5, 0.6) is 0 Å². The molecule has 2 aromatic carbocycles. The number of nitrogens with one attached hydrogen (secondary N) is 2. The van der Waals surface area contributed by atoms with Gasteiger partial charge in [0.25, 0.3) is 5.91 Å². The summed E-state index contributed by atoms with van der Waals surface area (Å²) in [5, 5.41) is 7.36. The molecule has 5 rings (SSSR count). The molecular formula is C40H56N6O2. The van der Waals surface area contributed by atoms with Crippen LogP contribution >= 0.6 is 0 Å². The number of para-hydroxylation sites is 1. The Morgan fingerprint density at radius 2 is 1.62 bits per heavy atom. The molecule has 2 aromatic heterocycles. The fourth-order valence-corrected chi connectivity index (χ4v) is 7.31. The van der Waals surface area contributed by atoms with Gasteiger partial charge in [0.2, 0.25) is 5.91 Å². The number of hydrogen-bond donors (Lipinski definition) is 3. The molecule has 48 heavy (non-hydrogen) atoms. The van der Waals surface area contributed by atoms with E-state index in [9.17, 15) is 9.59 Å². The minimum atomic E-state index is -0.0889. The predicted molar refractivity (Wildman–Crippen MR) is 197 cm³/mol. The molecule has 8 heteroatoms. The molecule has 0 radical (unpaired) electrons. The number of imidazole rings is 1. The van der Waals surface area contributed by atoms with Crippen molar-refractivity contribution in [3.63, 3.8) is 0 Å². The third kappa shape index (κ3) is 9.57. The zero-order chi connectivity index (χ0) is 33.7. The van der Waals surface area contributed by atoms with E-state index in [-0.39, 0.29) is 11.8 Å². The second-order valence-electron chi connectivity index (χ2n) is 13.9. The highest BCUT2D eigenvalue weighted by molar-refractivity contribution is 6.06. The van der Waals surface area contributed by atoms with Crippen molar-refractivity contribution in [1.82, 2.24) is 25.2 Å². The van der Waals surface area contributed by atoms with Crippen molar-refractivity contribution < 1.29 is 9.59 Å². The van der Waals surface area contributed by atoms with Gasteiger partial charge in [-0.2, -0.15) is 0 Å². The lowest BCUT2D eigenvalue weighted by atomic mass is 9.84. The monoisotopic (exact) mass is 652 g/mol. The van der Waals surface area contributed by atoms with E-state index >= 15 is 0 Å².